The first-order chi connectivity index (χ1) is 7.54. The predicted molar refractivity (Wildman–Crippen MR) is 63.3 cm³/mol. The third-order valence-electron chi connectivity index (χ3n) is 2.12. The van der Waals surface area contributed by atoms with Gasteiger partial charge in [0.05, 0.1) is 0 Å². The fourth-order valence-electron chi connectivity index (χ4n) is 1.18. The molecule has 0 saturated heterocycles. The van der Waals surface area contributed by atoms with Crippen molar-refractivity contribution in [2.24, 2.45) is 0 Å². The van der Waals surface area contributed by atoms with Crippen molar-refractivity contribution in [3.8, 4) is 0 Å². The zero-order valence-electron chi connectivity index (χ0n) is 8.74. The maximum absolute atomic E-state index is 11.6. The van der Waals surface area contributed by atoms with Crippen LogP contribution in [0.3, 0.4) is 0 Å². The van der Waals surface area contributed by atoms with Crippen molar-refractivity contribution >= 4 is 27.8 Å². The smallest absolute Gasteiger partial charge is 0.326 e. The lowest BCUT2D eigenvalue weighted by atomic mass is 10.1. The number of rotatable bonds is 4. The number of hydrogen-bond donors (Lipinski definition) is 2. The molecular formula is C11H12BrNO3. The number of hydrogen-bond acceptors (Lipinski definition) is 2. The summed E-state index contributed by atoms with van der Waals surface area (Å²) in [5, 5.41) is 11.2. The van der Waals surface area contributed by atoms with Gasteiger partial charge in [0.1, 0.15) is 6.04 Å². The summed E-state index contributed by atoms with van der Waals surface area (Å²) in [5.74, 6) is -1.39. The number of nitrogens with one attached hydrogen (secondary N) is 1. The number of carboxylic acids is 1. The number of amides is 1. The zero-order chi connectivity index (χ0) is 12.1. The highest BCUT2D eigenvalue weighted by Gasteiger charge is 2.18. The van der Waals surface area contributed by atoms with E-state index in [0.717, 1.165) is 4.47 Å². The highest BCUT2D eigenvalue weighted by Crippen LogP contribution is 2.10. The molecule has 1 rings (SSSR count). The van der Waals surface area contributed by atoms with Crippen molar-refractivity contribution < 1.29 is 14.7 Å². The van der Waals surface area contributed by atoms with Gasteiger partial charge in [0.15, 0.2) is 0 Å². The van der Waals surface area contributed by atoms with E-state index >= 15 is 0 Å². The van der Waals surface area contributed by atoms with Crippen molar-refractivity contribution in [3.05, 3.63) is 34.3 Å². The van der Waals surface area contributed by atoms with E-state index in [-0.39, 0.29) is 5.91 Å². The lowest BCUT2D eigenvalue weighted by Gasteiger charge is -2.12. The first kappa shape index (κ1) is 12.7. The Labute approximate surface area is 102 Å². The molecule has 1 amide bonds. The molecule has 2 N–H and O–H groups in total. The van der Waals surface area contributed by atoms with Crippen LogP contribution in [0.25, 0.3) is 0 Å². The van der Waals surface area contributed by atoms with Gasteiger partial charge in [0.25, 0.3) is 5.91 Å². The Morgan fingerprint density at radius 2 is 1.94 bits per heavy atom. The van der Waals surface area contributed by atoms with E-state index in [4.69, 9.17) is 5.11 Å². The van der Waals surface area contributed by atoms with E-state index in [2.05, 4.69) is 21.2 Å². The van der Waals surface area contributed by atoms with Gasteiger partial charge in [-0.05, 0) is 30.7 Å². The Kier molecular flexibility index (Phi) is 4.49. The minimum atomic E-state index is -1.02. The van der Waals surface area contributed by atoms with Gasteiger partial charge in [-0.3, -0.25) is 4.79 Å². The summed E-state index contributed by atoms with van der Waals surface area (Å²) in [5.41, 5.74) is 0.447. The molecule has 0 fully saturated rings. The third-order valence-corrected chi connectivity index (χ3v) is 2.65. The van der Waals surface area contributed by atoms with Crippen LogP contribution in [-0.4, -0.2) is 23.0 Å². The number of carboxylic acid groups (broad SMARTS) is 1. The third kappa shape index (κ3) is 3.34. The van der Waals surface area contributed by atoms with Crippen molar-refractivity contribution in [3.63, 3.8) is 0 Å². The summed E-state index contributed by atoms with van der Waals surface area (Å²) in [6.07, 6.45) is 0.359. The van der Waals surface area contributed by atoms with E-state index in [1.165, 1.54) is 0 Å². The average molecular weight is 286 g/mol. The Morgan fingerprint density at radius 3 is 2.38 bits per heavy atom. The molecule has 0 aliphatic carbocycles. The van der Waals surface area contributed by atoms with Gasteiger partial charge in [-0.25, -0.2) is 4.79 Å². The molecule has 0 saturated carbocycles. The summed E-state index contributed by atoms with van der Waals surface area (Å²) in [6, 6.07) is 5.89. The number of benzene rings is 1. The fourth-order valence-corrected chi connectivity index (χ4v) is 1.45. The van der Waals surface area contributed by atoms with E-state index in [9.17, 15) is 9.59 Å². The molecule has 5 heteroatoms. The Balaban J connectivity index is 2.71. The second-order valence-electron chi connectivity index (χ2n) is 3.28. The highest BCUT2D eigenvalue weighted by atomic mass is 79.9. The van der Waals surface area contributed by atoms with Gasteiger partial charge < -0.3 is 10.4 Å². The maximum atomic E-state index is 11.6. The molecule has 0 radical (unpaired) electrons. The Morgan fingerprint density at radius 1 is 1.38 bits per heavy atom. The lowest BCUT2D eigenvalue weighted by Crippen LogP contribution is -2.40. The molecule has 86 valence electrons. The van der Waals surface area contributed by atoms with Crippen LogP contribution in [0.1, 0.15) is 23.7 Å². The molecule has 0 unspecified atom stereocenters. The average Bonchev–Trinajstić information content (AvgIpc) is 2.26. The lowest BCUT2D eigenvalue weighted by molar-refractivity contribution is -0.139. The number of carbonyl (C=O) groups is 2. The standard InChI is InChI=1S/C11H12BrNO3/c1-2-9(11(15)16)13-10(14)7-3-5-8(12)6-4-7/h3-6,9H,2H2,1H3,(H,13,14)(H,15,16)/t9-/m0/s1. The number of aliphatic carboxylic acids is 1. The number of halogens is 1. The summed E-state index contributed by atoms with van der Waals surface area (Å²) >= 11 is 3.26. The largest absolute Gasteiger partial charge is 0.480 e. The molecule has 4 nitrogen and oxygen atoms in total. The van der Waals surface area contributed by atoms with Crippen LogP contribution in [-0.2, 0) is 4.79 Å². The highest BCUT2D eigenvalue weighted by molar-refractivity contribution is 9.10. The van der Waals surface area contributed by atoms with Crippen LogP contribution in [0.5, 0.6) is 0 Å². The molecule has 1 atom stereocenters. The summed E-state index contributed by atoms with van der Waals surface area (Å²) < 4.78 is 0.870. The van der Waals surface area contributed by atoms with Gasteiger partial charge in [-0.2, -0.15) is 0 Å². The van der Waals surface area contributed by atoms with Gasteiger partial charge in [-0.15, -0.1) is 0 Å². The van der Waals surface area contributed by atoms with E-state index in [1.807, 2.05) is 0 Å². The normalized spacial score (nSPS) is 11.9. The van der Waals surface area contributed by atoms with Crippen molar-refractivity contribution in [1.29, 1.82) is 0 Å². The minimum Gasteiger partial charge on any atom is -0.480 e. The first-order valence-corrected chi connectivity index (χ1v) is 5.63. The van der Waals surface area contributed by atoms with Crippen molar-refractivity contribution in [2.45, 2.75) is 19.4 Å². The molecule has 0 spiro atoms. The van der Waals surface area contributed by atoms with E-state index < -0.39 is 12.0 Å². The predicted octanol–water partition coefficient (Wildman–Crippen LogP) is 2.04. The van der Waals surface area contributed by atoms with Crippen LogP contribution < -0.4 is 5.32 Å². The summed E-state index contributed by atoms with van der Waals surface area (Å²) in [4.78, 5) is 22.4. The second kappa shape index (κ2) is 5.65. The second-order valence-corrected chi connectivity index (χ2v) is 4.20. The molecule has 0 heterocycles. The topological polar surface area (TPSA) is 66.4 Å². The molecule has 1 aromatic rings. The van der Waals surface area contributed by atoms with Gasteiger partial charge in [0.2, 0.25) is 0 Å². The fraction of sp³-hybridized carbons (Fsp3) is 0.273. The van der Waals surface area contributed by atoms with Crippen LogP contribution in [0, 0.1) is 0 Å². The summed E-state index contributed by atoms with van der Waals surface area (Å²) in [6.45, 7) is 1.71. The molecule has 0 bridgehead atoms. The van der Waals surface area contributed by atoms with Gasteiger partial charge >= 0.3 is 5.97 Å². The first-order valence-electron chi connectivity index (χ1n) is 4.83. The van der Waals surface area contributed by atoms with Gasteiger partial charge in [-0.1, -0.05) is 22.9 Å². The van der Waals surface area contributed by atoms with Crippen LogP contribution in [0.15, 0.2) is 28.7 Å². The molecule has 0 aliphatic rings. The molecule has 16 heavy (non-hydrogen) atoms. The number of carbonyl (C=O) groups excluding carboxylic acids is 1. The van der Waals surface area contributed by atoms with Crippen molar-refractivity contribution in [1.82, 2.24) is 5.32 Å². The molecule has 1 aromatic carbocycles. The molecule has 0 aliphatic heterocycles. The van der Waals surface area contributed by atoms with E-state index in [1.54, 1.807) is 31.2 Å². The van der Waals surface area contributed by atoms with Crippen LogP contribution in [0.4, 0.5) is 0 Å². The van der Waals surface area contributed by atoms with E-state index in [0.29, 0.717) is 12.0 Å². The van der Waals surface area contributed by atoms with Crippen LogP contribution in [0.2, 0.25) is 0 Å². The van der Waals surface area contributed by atoms with Crippen LogP contribution >= 0.6 is 15.9 Å². The monoisotopic (exact) mass is 285 g/mol. The molecule has 0 aromatic heterocycles. The SMILES string of the molecule is CC[C@H](NC(=O)c1ccc(Br)cc1)C(=O)O. The Bertz CT molecular complexity index is 389. The maximum Gasteiger partial charge on any atom is 0.326 e. The minimum absolute atomic E-state index is 0.359. The van der Waals surface area contributed by atoms with Crippen molar-refractivity contribution in [2.75, 3.05) is 0 Å². The summed E-state index contributed by atoms with van der Waals surface area (Å²) in [7, 11) is 0. The van der Waals surface area contributed by atoms with Gasteiger partial charge in [0, 0.05) is 10.0 Å². The Hall–Kier alpha value is -1.36. The molecular weight excluding hydrogens is 274 g/mol. The quantitative estimate of drug-likeness (QED) is 0.890. The zero-order valence-corrected chi connectivity index (χ0v) is 10.3.